The molecule has 0 saturated carbocycles. The van der Waals surface area contributed by atoms with Crippen molar-refractivity contribution in [1.82, 2.24) is 9.97 Å². The molecule has 1 aliphatic heterocycles. The van der Waals surface area contributed by atoms with E-state index < -0.39 is 30.2 Å². The summed E-state index contributed by atoms with van der Waals surface area (Å²) in [5.74, 6) is -1.84. The molecule has 0 saturated heterocycles. The Hall–Kier alpha value is -2.49. The molecule has 3 aromatic rings. The summed E-state index contributed by atoms with van der Waals surface area (Å²) in [6.07, 6.45) is 0. The van der Waals surface area contributed by atoms with E-state index >= 15 is 0 Å². The van der Waals surface area contributed by atoms with Gasteiger partial charge in [-0.1, -0.05) is 29.8 Å². The van der Waals surface area contributed by atoms with Gasteiger partial charge in [0.1, 0.15) is 11.6 Å². The minimum Gasteiger partial charge on any atom is -0.611 e. The second-order valence-electron chi connectivity index (χ2n) is 7.39. The number of nitrogens with zero attached hydrogens (tertiary/aromatic N) is 3. The molecule has 1 atom stereocenters. The van der Waals surface area contributed by atoms with Gasteiger partial charge >= 0.3 is 0 Å². The van der Waals surface area contributed by atoms with Crippen LogP contribution in [0.1, 0.15) is 11.1 Å². The van der Waals surface area contributed by atoms with Crippen molar-refractivity contribution in [3.8, 4) is 0 Å². The number of nitrogens with one attached hydrogen (secondary N) is 1. The molecule has 1 aliphatic rings. The van der Waals surface area contributed by atoms with E-state index in [0.29, 0.717) is 41.5 Å². The van der Waals surface area contributed by atoms with Crippen molar-refractivity contribution in [3.05, 3.63) is 53.6 Å². The maximum absolute atomic E-state index is 13.8. The smallest absolute Gasteiger partial charge is 0.276 e. The van der Waals surface area contributed by atoms with E-state index in [1.807, 2.05) is 54.3 Å². The number of fused-ring (bicyclic) bond motifs is 2. The molecule has 3 N–H and O–H groups in total. The van der Waals surface area contributed by atoms with Crippen LogP contribution in [0.15, 0.2) is 47.4 Å². The maximum Gasteiger partial charge on any atom is 0.276 e. The third-order valence-corrected chi connectivity index (χ3v) is 6.50. The molecule has 9 heteroatoms. The number of aryl methyl sites for hydroxylation is 1. The first-order valence-electron chi connectivity index (χ1n) is 9.68. The summed E-state index contributed by atoms with van der Waals surface area (Å²) in [6.45, 7) is 1.56. The zero-order chi connectivity index (χ0) is 21.3. The predicted molar refractivity (Wildman–Crippen MR) is 116 cm³/mol. The number of anilines is 2. The molecular weight excluding hydrogens is 408 g/mol. The van der Waals surface area contributed by atoms with Gasteiger partial charge in [-0.05, 0) is 36.3 Å². The van der Waals surface area contributed by atoms with Crippen LogP contribution in [0.2, 0.25) is 0 Å². The van der Waals surface area contributed by atoms with E-state index in [4.69, 9.17) is 5.73 Å². The zero-order valence-corrected chi connectivity index (χ0v) is 17.4. The number of nitrogens with two attached hydrogens (primary N) is 1. The molecule has 4 rings (SSSR count). The average Bonchev–Trinajstić information content (AvgIpc) is 2.91. The van der Waals surface area contributed by atoms with Crippen LogP contribution in [0.5, 0.6) is 0 Å². The minimum atomic E-state index is -3.04. The number of aromatic nitrogens is 2. The van der Waals surface area contributed by atoms with Crippen molar-refractivity contribution in [1.29, 1.82) is 0 Å². The number of hydrogen-bond acceptors (Lipinski definition) is 6. The van der Waals surface area contributed by atoms with Crippen LogP contribution >= 0.6 is 0 Å². The highest BCUT2D eigenvalue weighted by atomic mass is 32.2. The summed E-state index contributed by atoms with van der Waals surface area (Å²) in [5.41, 5.74) is 7.75. The monoisotopic (exact) mass is 431 g/mol. The summed E-state index contributed by atoms with van der Waals surface area (Å²) in [5, 5.41) is 3.43. The first kappa shape index (κ1) is 20.8. The Balaban J connectivity index is 1.73. The SMILES string of the molecule is Cc1ccc2nc(N3CC[S+]([O-])c4ccccc4C3)nc(NCC(F)(F)CN)c2c1. The van der Waals surface area contributed by atoms with Gasteiger partial charge in [-0.2, -0.15) is 4.98 Å². The van der Waals surface area contributed by atoms with Gasteiger partial charge in [0.25, 0.3) is 5.92 Å². The lowest BCUT2D eigenvalue weighted by molar-refractivity contribution is 0.0253. The van der Waals surface area contributed by atoms with Crippen LogP contribution < -0.4 is 16.0 Å². The van der Waals surface area contributed by atoms with Crippen molar-refractivity contribution in [2.24, 2.45) is 5.73 Å². The quantitative estimate of drug-likeness (QED) is 0.604. The summed E-state index contributed by atoms with van der Waals surface area (Å²) in [6, 6.07) is 13.2. The van der Waals surface area contributed by atoms with Gasteiger partial charge in [0.05, 0.1) is 31.7 Å². The molecule has 0 radical (unpaired) electrons. The molecule has 30 heavy (non-hydrogen) atoms. The first-order valence-corrected chi connectivity index (χ1v) is 11.0. The van der Waals surface area contributed by atoms with Gasteiger partial charge in [-0.3, -0.25) is 0 Å². The molecule has 2 heterocycles. The fourth-order valence-corrected chi connectivity index (χ4v) is 4.67. The van der Waals surface area contributed by atoms with E-state index in [0.717, 1.165) is 16.0 Å². The van der Waals surface area contributed by atoms with Crippen molar-refractivity contribution >= 4 is 33.8 Å². The van der Waals surface area contributed by atoms with Crippen LogP contribution in [-0.2, 0) is 17.7 Å². The lowest BCUT2D eigenvalue weighted by atomic mass is 10.1. The van der Waals surface area contributed by atoms with E-state index in [1.54, 1.807) is 0 Å². The van der Waals surface area contributed by atoms with Crippen molar-refractivity contribution in [3.63, 3.8) is 0 Å². The van der Waals surface area contributed by atoms with E-state index in [1.165, 1.54) is 0 Å². The van der Waals surface area contributed by atoms with Crippen LogP contribution in [0, 0.1) is 6.92 Å². The van der Waals surface area contributed by atoms with Gasteiger partial charge in [0, 0.05) is 10.9 Å². The van der Waals surface area contributed by atoms with Crippen LogP contribution in [0.4, 0.5) is 20.5 Å². The van der Waals surface area contributed by atoms with E-state index in [9.17, 15) is 13.3 Å². The number of alkyl halides is 2. The maximum atomic E-state index is 13.8. The second kappa shape index (κ2) is 8.33. The first-order chi connectivity index (χ1) is 14.4. The normalized spacial score (nSPS) is 17.0. The highest BCUT2D eigenvalue weighted by Crippen LogP contribution is 2.29. The van der Waals surface area contributed by atoms with Gasteiger partial charge < -0.3 is 20.5 Å². The summed E-state index contributed by atoms with van der Waals surface area (Å²) in [7, 11) is 0. The number of hydrogen-bond donors (Lipinski definition) is 2. The highest BCUT2D eigenvalue weighted by molar-refractivity contribution is 7.91. The van der Waals surface area contributed by atoms with Crippen molar-refractivity contribution in [2.75, 3.05) is 35.6 Å². The molecule has 0 amide bonds. The molecule has 0 bridgehead atoms. The van der Waals surface area contributed by atoms with Crippen LogP contribution in [0.3, 0.4) is 0 Å². The molecule has 6 nitrogen and oxygen atoms in total. The Morgan fingerprint density at radius 2 is 2.03 bits per heavy atom. The van der Waals surface area contributed by atoms with Crippen molar-refractivity contribution < 1.29 is 13.3 Å². The summed E-state index contributed by atoms with van der Waals surface area (Å²) >= 11 is -1.10. The molecule has 0 spiro atoms. The largest absolute Gasteiger partial charge is 0.611 e. The lowest BCUT2D eigenvalue weighted by Gasteiger charge is -2.22. The zero-order valence-electron chi connectivity index (χ0n) is 16.6. The Morgan fingerprint density at radius 3 is 2.83 bits per heavy atom. The topological polar surface area (TPSA) is 90.1 Å². The standard InChI is InChI=1S/C21H23F2N5OS/c1-14-6-7-17-16(10-14)19(25-13-21(22,23)12-24)27-20(26-17)28-8-9-30(29)18-5-3-2-4-15(18)11-28/h2-7,10H,8-9,11-13,24H2,1H3,(H,25,26,27). The molecule has 1 unspecified atom stereocenters. The molecule has 2 aromatic carbocycles. The predicted octanol–water partition coefficient (Wildman–Crippen LogP) is 3.07. The second-order valence-corrected chi connectivity index (χ2v) is 8.92. The Kier molecular flexibility index (Phi) is 5.77. The Bertz CT molecular complexity index is 1060. The number of rotatable bonds is 5. The molecule has 1 aromatic heterocycles. The fourth-order valence-electron chi connectivity index (χ4n) is 3.41. The third-order valence-electron chi connectivity index (χ3n) is 5.06. The average molecular weight is 432 g/mol. The van der Waals surface area contributed by atoms with Crippen molar-refractivity contribution in [2.45, 2.75) is 24.3 Å². The Labute approximate surface area is 176 Å². The Morgan fingerprint density at radius 1 is 1.23 bits per heavy atom. The van der Waals surface area contributed by atoms with Gasteiger partial charge in [-0.15, -0.1) is 0 Å². The van der Waals surface area contributed by atoms with E-state index in [2.05, 4.69) is 15.3 Å². The lowest BCUT2D eigenvalue weighted by Crippen LogP contribution is -2.35. The molecular formula is C21H23F2N5OS. The van der Waals surface area contributed by atoms with E-state index in [-0.39, 0.29) is 0 Å². The fraction of sp³-hybridized carbons (Fsp3) is 0.333. The summed E-state index contributed by atoms with van der Waals surface area (Å²) < 4.78 is 40.1. The summed E-state index contributed by atoms with van der Waals surface area (Å²) in [4.78, 5) is 12.0. The van der Waals surface area contributed by atoms with Gasteiger partial charge in [-0.25, -0.2) is 13.8 Å². The van der Waals surface area contributed by atoms with Gasteiger partial charge in [0.2, 0.25) is 5.95 Å². The van der Waals surface area contributed by atoms with Crippen LogP contribution in [-0.4, -0.2) is 45.8 Å². The number of halogens is 2. The molecule has 158 valence electrons. The minimum absolute atomic E-state index is 0.338. The third kappa shape index (κ3) is 4.33. The molecule has 0 aliphatic carbocycles. The van der Waals surface area contributed by atoms with Gasteiger partial charge in [0.15, 0.2) is 4.90 Å². The van der Waals surface area contributed by atoms with Crippen LogP contribution in [0.25, 0.3) is 10.9 Å². The number of benzene rings is 2. The molecule has 0 fully saturated rings. The highest BCUT2D eigenvalue weighted by Gasteiger charge is 2.28.